The fourth-order valence-corrected chi connectivity index (χ4v) is 1.98. The van der Waals surface area contributed by atoms with Crippen LogP contribution in [0.3, 0.4) is 0 Å². The van der Waals surface area contributed by atoms with Gasteiger partial charge in [0, 0.05) is 0 Å². The lowest BCUT2D eigenvalue weighted by Crippen LogP contribution is -2.22. The van der Waals surface area contributed by atoms with E-state index < -0.39 is 0 Å². The molecule has 1 N–H and O–H groups in total. The van der Waals surface area contributed by atoms with E-state index in [9.17, 15) is 0 Å². The highest BCUT2D eigenvalue weighted by Gasteiger charge is 2.12. The van der Waals surface area contributed by atoms with E-state index in [2.05, 4.69) is 12.2 Å². The summed E-state index contributed by atoms with van der Waals surface area (Å²) < 4.78 is 5.91. The van der Waals surface area contributed by atoms with Gasteiger partial charge in [0.1, 0.15) is 10.8 Å². The van der Waals surface area contributed by atoms with Gasteiger partial charge in [-0.05, 0) is 38.6 Å². The maximum absolute atomic E-state index is 6.10. The normalized spacial score (nSPS) is 12.5. The summed E-state index contributed by atoms with van der Waals surface area (Å²) in [6, 6.07) is 5.47. The van der Waals surface area contributed by atoms with Crippen molar-refractivity contribution in [2.75, 3.05) is 13.6 Å². The second kappa shape index (κ2) is 7.80. The van der Waals surface area contributed by atoms with Gasteiger partial charge >= 0.3 is 0 Å². The molecule has 0 saturated carbocycles. The van der Waals surface area contributed by atoms with Crippen molar-refractivity contribution in [2.45, 2.75) is 32.3 Å². The third-order valence-corrected chi connectivity index (χ3v) is 3.34. The number of hydrogen-bond acceptors (Lipinski definition) is 2. The molecule has 1 rings (SSSR count). The maximum atomic E-state index is 6.10. The summed E-state index contributed by atoms with van der Waals surface area (Å²) in [6.07, 6.45) is 3.26. The van der Waals surface area contributed by atoms with Crippen LogP contribution in [0.1, 0.15) is 26.2 Å². The smallest absolute Gasteiger partial charge is 0.139 e. The highest BCUT2D eigenvalue weighted by atomic mass is 35.5. The van der Waals surface area contributed by atoms with Gasteiger partial charge in [-0.1, -0.05) is 42.6 Å². The quantitative estimate of drug-likeness (QED) is 0.807. The highest BCUT2D eigenvalue weighted by molar-refractivity contribution is 6.42. The van der Waals surface area contributed by atoms with Crippen molar-refractivity contribution in [3.63, 3.8) is 0 Å². The highest BCUT2D eigenvalue weighted by Crippen LogP contribution is 2.32. The van der Waals surface area contributed by atoms with Crippen molar-refractivity contribution in [3.05, 3.63) is 28.2 Å². The second-order valence-corrected chi connectivity index (χ2v) is 4.76. The lowest BCUT2D eigenvalue weighted by molar-refractivity contribution is 0.180. The lowest BCUT2D eigenvalue weighted by atomic mass is 10.1. The van der Waals surface area contributed by atoms with Crippen LogP contribution in [0.4, 0.5) is 0 Å². The van der Waals surface area contributed by atoms with E-state index in [4.69, 9.17) is 27.9 Å². The standard InChI is InChI=1S/C13H19Cl2NO/c1-3-5-10(8-9-16-2)17-12-7-4-6-11(14)13(12)15/h4,6-7,10,16H,3,5,8-9H2,1-2H3. The first kappa shape index (κ1) is 14.6. The molecule has 0 radical (unpaired) electrons. The van der Waals surface area contributed by atoms with Gasteiger partial charge in [-0.2, -0.15) is 0 Å². The molecule has 0 saturated heterocycles. The SMILES string of the molecule is CCCC(CCNC)Oc1cccc(Cl)c1Cl. The van der Waals surface area contributed by atoms with Gasteiger partial charge in [0.25, 0.3) is 0 Å². The average Bonchev–Trinajstić information content (AvgIpc) is 2.32. The Bertz CT molecular complexity index is 344. The molecule has 0 heterocycles. The Labute approximate surface area is 113 Å². The number of rotatable bonds is 7. The van der Waals surface area contributed by atoms with Gasteiger partial charge in [0.2, 0.25) is 0 Å². The van der Waals surface area contributed by atoms with Crippen LogP contribution in [0.5, 0.6) is 5.75 Å². The first-order valence-corrected chi connectivity index (χ1v) is 6.69. The molecule has 17 heavy (non-hydrogen) atoms. The van der Waals surface area contributed by atoms with E-state index in [0.717, 1.165) is 25.8 Å². The zero-order valence-electron chi connectivity index (χ0n) is 10.3. The number of hydrogen-bond donors (Lipinski definition) is 1. The van der Waals surface area contributed by atoms with E-state index in [1.54, 1.807) is 6.07 Å². The number of halogens is 2. The molecule has 1 unspecified atom stereocenters. The molecule has 96 valence electrons. The number of benzene rings is 1. The van der Waals surface area contributed by atoms with E-state index in [-0.39, 0.29) is 6.10 Å². The van der Waals surface area contributed by atoms with Crippen LogP contribution in [0.15, 0.2) is 18.2 Å². The Morgan fingerprint density at radius 1 is 1.29 bits per heavy atom. The number of nitrogens with one attached hydrogen (secondary N) is 1. The van der Waals surface area contributed by atoms with Gasteiger partial charge in [0.15, 0.2) is 0 Å². The summed E-state index contributed by atoms with van der Waals surface area (Å²) in [5.41, 5.74) is 0. The van der Waals surface area contributed by atoms with Gasteiger partial charge in [-0.3, -0.25) is 0 Å². The van der Waals surface area contributed by atoms with Crippen LogP contribution in [0, 0.1) is 0 Å². The van der Waals surface area contributed by atoms with Gasteiger partial charge in [-0.15, -0.1) is 0 Å². The summed E-state index contributed by atoms with van der Waals surface area (Å²) in [4.78, 5) is 0. The Morgan fingerprint density at radius 3 is 2.71 bits per heavy atom. The van der Waals surface area contributed by atoms with Crippen molar-refractivity contribution < 1.29 is 4.74 Å². The molecule has 0 aliphatic rings. The fraction of sp³-hybridized carbons (Fsp3) is 0.538. The average molecular weight is 276 g/mol. The molecular weight excluding hydrogens is 257 g/mol. The molecule has 1 aromatic carbocycles. The van der Waals surface area contributed by atoms with Crippen molar-refractivity contribution >= 4 is 23.2 Å². The molecule has 4 heteroatoms. The summed E-state index contributed by atoms with van der Waals surface area (Å²) >= 11 is 12.1. The minimum atomic E-state index is 0.184. The van der Waals surface area contributed by atoms with Crippen LogP contribution < -0.4 is 10.1 Å². The van der Waals surface area contributed by atoms with Gasteiger partial charge < -0.3 is 10.1 Å². The van der Waals surface area contributed by atoms with Gasteiger partial charge in [0.05, 0.1) is 11.1 Å². The molecule has 1 atom stereocenters. The minimum Gasteiger partial charge on any atom is -0.489 e. The Morgan fingerprint density at radius 2 is 2.06 bits per heavy atom. The molecule has 2 nitrogen and oxygen atoms in total. The van der Waals surface area contributed by atoms with Crippen LogP contribution in [-0.4, -0.2) is 19.7 Å². The molecule has 0 fully saturated rings. The van der Waals surface area contributed by atoms with Crippen LogP contribution in [0.2, 0.25) is 10.0 Å². The van der Waals surface area contributed by atoms with E-state index in [1.165, 1.54) is 0 Å². The predicted octanol–water partition coefficient (Wildman–Crippen LogP) is 4.15. The fourth-order valence-electron chi connectivity index (χ4n) is 1.64. The molecule has 1 aromatic rings. The van der Waals surface area contributed by atoms with Crippen LogP contribution in [0.25, 0.3) is 0 Å². The topological polar surface area (TPSA) is 21.3 Å². The molecule has 0 bridgehead atoms. The first-order valence-electron chi connectivity index (χ1n) is 5.94. The molecule has 0 amide bonds. The Kier molecular flexibility index (Phi) is 6.71. The summed E-state index contributed by atoms with van der Waals surface area (Å²) in [6.45, 7) is 3.08. The first-order chi connectivity index (χ1) is 8.19. The van der Waals surface area contributed by atoms with Crippen molar-refractivity contribution in [3.8, 4) is 5.75 Å². The van der Waals surface area contributed by atoms with E-state index in [0.29, 0.717) is 15.8 Å². The van der Waals surface area contributed by atoms with Crippen LogP contribution in [-0.2, 0) is 0 Å². The molecular formula is C13H19Cl2NO. The monoisotopic (exact) mass is 275 g/mol. The predicted molar refractivity (Wildman–Crippen MR) is 74.3 cm³/mol. The lowest BCUT2D eigenvalue weighted by Gasteiger charge is -2.19. The van der Waals surface area contributed by atoms with Gasteiger partial charge in [-0.25, -0.2) is 0 Å². The maximum Gasteiger partial charge on any atom is 0.139 e. The number of ether oxygens (including phenoxy) is 1. The van der Waals surface area contributed by atoms with Crippen LogP contribution >= 0.6 is 23.2 Å². The largest absolute Gasteiger partial charge is 0.489 e. The van der Waals surface area contributed by atoms with Crippen molar-refractivity contribution in [1.29, 1.82) is 0 Å². The third-order valence-electron chi connectivity index (χ3n) is 2.54. The molecule has 0 aromatic heterocycles. The summed E-state index contributed by atoms with van der Waals surface area (Å²) in [7, 11) is 1.94. The van der Waals surface area contributed by atoms with E-state index >= 15 is 0 Å². The van der Waals surface area contributed by atoms with Crippen molar-refractivity contribution in [2.24, 2.45) is 0 Å². The molecule has 0 aliphatic heterocycles. The zero-order chi connectivity index (χ0) is 12.7. The molecule has 0 spiro atoms. The van der Waals surface area contributed by atoms with Crippen molar-refractivity contribution in [1.82, 2.24) is 5.32 Å². The Balaban J connectivity index is 2.67. The second-order valence-electron chi connectivity index (χ2n) is 3.97. The Hall–Kier alpha value is -0.440. The molecule has 0 aliphatic carbocycles. The third kappa shape index (κ3) is 4.74. The van der Waals surface area contributed by atoms with E-state index in [1.807, 2.05) is 19.2 Å². The summed E-state index contributed by atoms with van der Waals surface area (Å²) in [5, 5.41) is 4.16. The summed E-state index contributed by atoms with van der Waals surface area (Å²) in [5.74, 6) is 0.675. The minimum absolute atomic E-state index is 0.184. The zero-order valence-corrected chi connectivity index (χ0v) is 11.8.